The number of likely N-dealkylation sites (tertiary alicyclic amines) is 1. The third kappa shape index (κ3) is 2.64. The number of carbonyl (C=O) groups excluding carboxylic acids is 1. The monoisotopic (exact) mass is 324 g/mol. The summed E-state index contributed by atoms with van der Waals surface area (Å²) in [4.78, 5) is 18.9. The summed E-state index contributed by atoms with van der Waals surface area (Å²) in [6.45, 7) is 1.35. The maximum atomic E-state index is 13.0. The van der Waals surface area contributed by atoms with Gasteiger partial charge in [-0.05, 0) is 35.4 Å². The van der Waals surface area contributed by atoms with Crippen LogP contribution in [0.3, 0.4) is 0 Å². The largest absolute Gasteiger partial charge is 0.336 e. The molecule has 0 radical (unpaired) electrons. The Morgan fingerprint density at radius 1 is 1.21 bits per heavy atom. The minimum Gasteiger partial charge on any atom is -0.336 e. The van der Waals surface area contributed by atoms with Gasteiger partial charge in [0.25, 0.3) is 5.91 Å². The molecule has 1 atom stereocenters. The molecule has 0 unspecified atom stereocenters. The summed E-state index contributed by atoms with van der Waals surface area (Å²) in [5.74, 6) is -0.0223. The maximum absolute atomic E-state index is 13.0. The second-order valence-corrected chi connectivity index (χ2v) is 5.69. The van der Waals surface area contributed by atoms with Crippen LogP contribution in [-0.4, -0.2) is 58.9 Å². The number of para-hydroxylation sites is 1. The fraction of sp³-hybridized carbons (Fsp3) is 0.333. The Labute approximate surface area is 137 Å². The molecule has 2 aromatic heterocycles. The van der Waals surface area contributed by atoms with Crippen LogP contribution in [0.4, 0.5) is 0 Å². The van der Waals surface area contributed by atoms with Gasteiger partial charge < -0.3 is 4.90 Å². The standard InChI is InChI=1S/C15H16N8O/c24-15(13-5-1-2-6-14(13)23-11-17-19-20-23)21-7-3-4-12(8-21)22-10-16-9-18-22/h1-2,5-6,9-12H,3-4,7-8H2/t12-/m1/s1. The minimum atomic E-state index is -0.0223. The van der Waals surface area contributed by atoms with E-state index in [1.54, 1.807) is 12.4 Å². The Morgan fingerprint density at radius 2 is 2.12 bits per heavy atom. The van der Waals surface area contributed by atoms with Crippen LogP contribution in [0.1, 0.15) is 29.2 Å². The zero-order valence-corrected chi connectivity index (χ0v) is 12.9. The quantitative estimate of drug-likeness (QED) is 0.705. The lowest BCUT2D eigenvalue weighted by Crippen LogP contribution is -2.41. The fourth-order valence-electron chi connectivity index (χ4n) is 3.06. The number of hydrogen-bond acceptors (Lipinski definition) is 6. The summed E-state index contributed by atoms with van der Waals surface area (Å²) >= 11 is 0. The van der Waals surface area contributed by atoms with Crippen molar-refractivity contribution in [2.75, 3.05) is 13.1 Å². The van der Waals surface area contributed by atoms with Crippen LogP contribution < -0.4 is 0 Å². The molecule has 0 saturated carbocycles. The van der Waals surface area contributed by atoms with Gasteiger partial charge >= 0.3 is 0 Å². The van der Waals surface area contributed by atoms with Gasteiger partial charge in [0.1, 0.15) is 19.0 Å². The van der Waals surface area contributed by atoms with Crippen molar-refractivity contribution in [3.63, 3.8) is 0 Å². The molecular weight excluding hydrogens is 308 g/mol. The molecule has 0 spiro atoms. The molecule has 1 amide bonds. The number of aromatic nitrogens is 7. The Bertz CT molecular complexity index is 814. The van der Waals surface area contributed by atoms with Crippen molar-refractivity contribution in [1.82, 2.24) is 39.9 Å². The summed E-state index contributed by atoms with van der Waals surface area (Å²) < 4.78 is 3.33. The third-order valence-electron chi connectivity index (χ3n) is 4.22. The van der Waals surface area contributed by atoms with E-state index >= 15 is 0 Å². The molecule has 1 aromatic carbocycles. The molecule has 1 aliphatic heterocycles. The van der Waals surface area contributed by atoms with Gasteiger partial charge in [-0.2, -0.15) is 9.78 Å². The number of hydrogen-bond donors (Lipinski definition) is 0. The topological polar surface area (TPSA) is 94.6 Å². The highest BCUT2D eigenvalue weighted by atomic mass is 16.2. The molecule has 24 heavy (non-hydrogen) atoms. The maximum Gasteiger partial charge on any atom is 0.256 e. The van der Waals surface area contributed by atoms with Gasteiger partial charge in [0.2, 0.25) is 0 Å². The SMILES string of the molecule is O=C(c1ccccc1-n1cnnn1)N1CCC[C@@H](n2cncn2)C1. The normalized spacial score (nSPS) is 17.8. The van der Waals surface area contributed by atoms with E-state index in [1.165, 1.54) is 17.3 Å². The molecule has 1 saturated heterocycles. The Balaban J connectivity index is 1.60. The van der Waals surface area contributed by atoms with Crippen molar-refractivity contribution in [2.24, 2.45) is 0 Å². The van der Waals surface area contributed by atoms with Crippen LogP contribution in [0.5, 0.6) is 0 Å². The Kier molecular flexibility index (Phi) is 3.73. The van der Waals surface area contributed by atoms with Crippen molar-refractivity contribution in [3.8, 4) is 5.69 Å². The van der Waals surface area contributed by atoms with Crippen LogP contribution in [0.15, 0.2) is 43.2 Å². The molecule has 0 N–H and O–H groups in total. The second kappa shape index (κ2) is 6.19. The van der Waals surface area contributed by atoms with Crippen LogP contribution in [-0.2, 0) is 0 Å². The Morgan fingerprint density at radius 3 is 2.92 bits per heavy atom. The highest BCUT2D eigenvalue weighted by molar-refractivity contribution is 5.97. The summed E-state index contributed by atoms with van der Waals surface area (Å²) in [5, 5.41) is 15.4. The molecule has 0 bridgehead atoms. The lowest BCUT2D eigenvalue weighted by Gasteiger charge is -2.33. The third-order valence-corrected chi connectivity index (χ3v) is 4.22. The van der Waals surface area contributed by atoms with Gasteiger partial charge in [-0.1, -0.05) is 12.1 Å². The molecule has 122 valence electrons. The van der Waals surface area contributed by atoms with Crippen molar-refractivity contribution in [1.29, 1.82) is 0 Å². The number of tetrazole rings is 1. The molecule has 0 aliphatic carbocycles. The van der Waals surface area contributed by atoms with Gasteiger partial charge in [0, 0.05) is 13.1 Å². The molecule has 3 aromatic rings. The minimum absolute atomic E-state index is 0.0223. The molecule has 9 heteroatoms. The molecule has 1 fully saturated rings. The summed E-state index contributed by atoms with van der Waals surface area (Å²) in [5.41, 5.74) is 1.26. The van der Waals surface area contributed by atoms with Crippen LogP contribution in [0.2, 0.25) is 0 Å². The first-order chi connectivity index (χ1) is 11.8. The average molecular weight is 324 g/mol. The molecule has 1 aliphatic rings. The molecule has 4 rings (SSSR count). The molecular formula is C15H16N8O. The van der Waals surface area contributed by atoms with Gasteiger partial charge in [-0.25, -0.2) is 9.67 Å². The van der Waals surface area contributed by atoms with Gasteiger partial charge in [-0.3, -0.25) is 4.79 Å². The van der Waals surface area contributed by atoms with Crippen LogP contribution in [0, 0.1) is 0 Å². The highest BCUT2D eigenvalue weighted by Crippen LogP contribution is 2.23. The van der Waals surface area contributed by atoms with Gasteiger partial charge in [0.15, 0.2) is 0 Å². The van der Waals surface area contributed by atoms with Gasteiger partial charge in [0.05, 0.1) is 17.3 Å². The van der Waals surface area contributed by atoms with E-state index in [2.05, 4.69) is 25.6 Å². The van der Waals surface area contributed by atoms with Crippen molar-refractivity contribution >= 4 is 5.91 Å². The Hall–Kier alpha value is -3.10. The van der Waals surface area contributed by atoms with Crippen LogP contribution in [0.25, 0.3) is 5.69 Å². The van der Waals surface area contributed by atoms with Gasteiger partial charge in [-0.15, -0.1) is 5.10 Å². The first-order valence-corrected chi connectivity index (χ1v) is 7.79. The van der Waals surface area contributed by atoms with E-state index in [4.69, 9.17) is 0 Å². The van der Waals surface area contributed by atoms with Crippen molar-refractivity contribution in [2.45, 2.75) is 18.9 Å². The van der Waals surface area contributed by atoms with E-state index in [-0.39, 0.29) is 11.9 Å². The predicted molar refractivity (Wildman–Crippen MR) is 83.4 cm³/mol. The summed E-state index contributed by atoms with van der Waals surface area (Å²) in [6, 6.07) is 7.51. The average Bonchev–Trinajstić information content (AvgIpc) is 3.35. The summed E-state index contributed by atoms with van der Waals surface area (Å²) in [7, 11) is 0. The zero-order chi connectivity index (χ0) is 16.4. The lowest BCUT2D eigenvalue weighted by molar-refractivity contribution is 0.0672. The molecule has 9 nitrogen and oxygen atoms in total. The number of rotatable bonds is 3. The summed E-state index contributed by atoms with van der Waals surface area (Å²) in [6.07, 6.45) is 6.63. The van der Waals surface area contributed by atoms with E-state index in [0.717, 1.165) is 19.4 Å². The van der Waals surface area contributed by atoms with E-state index in [0.29, 0.717) is 17.8 Å². The number of nitrogens with zero attached hydrogens (tertiary/aromatic N) is 8. The number of piperidine rings is 1. The first kappa shape index (κ1) is 14.5. The number of carbonyl (C=O) groups is 1. The smallest absolute Gasteiger partial charge is 0.256 e. The first-order valence-electron chi connectivity index (χ1n) is 7.79. The predicted octanol–water partition coefficient (Wildman–Crippen LogP) is 0.731. The number of amides is 1. The van der Waals surface area contributed by atoms with Crippen LogP contribution >= 0.6 is 0 Å². The van der Waals surface area contributed by atoms with Crippen molar-refractivity contribution < 1.29 is 4.79 Å². The number of benzene rings is 1. The lowest BCUT2D eigenvalue weighted by atomic mass is 10.0. The van der Waals surface area contributed by atoms with Crippen molar-refractivity contribution in [3.05, 3.63) is 48.8 Å². The van der Waals surface area contributed by atoms with E-state index < -0.39 is 0 Å². The molecule has 3 heterocycles. The highest BCUT2D eigenvalue weighted by Gasteiger charge is 2.27. The second-order valence-electron chi connectivity index (χ2n) is 5.69. The van der Waals surface area contributed by atoms with E-state index in [1.807, 2.05) is 27.8 Å². The fourth-order valence-corrected chi connectivity index (χ4v) is 3.06. The zero-order valence-electron chi connectivity index (χ0n) is 12.9. The van der Waals surface area contributed by atoms with E-state index in [9.17, 15) is 4.79 Å².